The number of aliphatic hydroxyl groups is 2. The normalized spacial score (nSPS) is 25.3. The summed E-state index contributed by atoms with van der Waals surface area (Å²) in [5.74, 6) is -0.708. The summed E-state index contributed by atoms with van der Waals surface area (Å²) in [4.78, 5) is 9.26. The maximum atomic E-state index is 13.7. The van der Waals surface area contributed by atoms with Crippen LogP contribution in [0.25, 0.3) is 0 Å². The third-order valence-electron chi connectivity index (χ3n) is 6.85. The van der Waals surface area contributed by atoms with E-state index in [1.807, 2.05) is 0 Å². The topological polar surface area (TPSA) is 114 Å². The first-order chi connectivity index (χ1) is 17.2. The Bertz CT molecular complexity index is 1180. The van der Waals surface area contributed by atoms with Gasteiger partial charge >= 0.3 is 0 Å². The Hall–Kier alpha value is -2.69. The van der Waals surface area contributed by atoms with Crippen molar-refractivity contribution in [2.75, 3.05) is 11.1 Å². The van der Waals surface area contributed by atoms with Gasteiger partial charge in [0.2, 0.25) is 0 Å². The van der Waals surface area contributed by atoms with Gasteiger partial charge in [-0.25, -0.2) is 24.3 Å². The molecule has 10 heteroatoms. The Kier molecular flexibility index (Phi) is 8.17. The van der Waals surface area contributed by atoms with E-state index in [1.165, 1.54) is 17.8 Å². The SMILES string of the molecule is C=C1C(=C)C(CCCc2nc(SCCC)nc(NC3CC3c3ccc(F)c(F)c3)c2N=N)C(O)C1O. The molecule has 0 spiro atoms. The van der Waals surface area contributed by atoms with Gasteiger partial charge in [-0.15, -0.1) is 0 Å². The molecule has 5 unspecified atom stereocenters. The number of benzene rings is 1. The van der Waals surface area contributed by atoms with Crippen LogP contribution in [0.5, 0.6) is 0 Å². The number of halogens is 2. The lowest BCUT2D eigenvalue weighted by atomic mass is 9.94. The van der Waals surface area contributed by atoms with E-state index in [0.29, 0.717) is 58.3 Å². The molecule has 5 atom stereocenters. The smallest absolute Gasteiger partial charge is 0.189 e. The number of hydrogen-bond acceptors (Lipinski definition) is 8. The molecule has 4 N–H and O–H groups in total. The van der Waals surface area contributed by atoms with Crippen LogP contribution >= 0.6 is 11.8 Å². The van der Waals surface area contributed by atoms with Crippen molar-refractivity contribution in [3.63, 3.8) is 0 Å². The van der Waals surface area contributed by atoms with Gasteiger partial charge in [0.15, 0.2) is 22.6 Å². The van der Waals surface area contributed by atoms with E-state index in [9.17, 15) is 19.0 Å². The fraction of sp³-hybridized carbons (Fsp3) is 0.462. The van der Waals surface area contributed by atoms with E-state index in [4.69, 9.17) is 5.53 Å². The van der Waals surface area contributed by atoms with E-state index in [1.54, 1.807) is 6.07 Å². The summed E-state index contributed by atoms with van der Waals surface area (Å²) in [6.45, 7) is 9.85. The van der Waals surface area contributed by atoms with Crippen molar-refractivity contribution in [1.82, 2.24) is 9.97 Å². The molecule has 7 nitrogen and oxygen atoms in total. The molecule has 0 aliphatic heterocycles. The molecule has 192 valence electrons. The fourth-order valence-electron chi connectivity index (χ4n) is 4.67. The highest BCUT2D eigenvalue weighted by molar-refractivity contribution is 7.99. The zero-order chi connectivity index (χ0) is 26.0. The minimum Gasteiger partial charge on any atom is -0.389 e. The zero-order valence-corrected chi connectivity index (χ0v) is 21.0. The second-order valence-electron chi connectivity index (χ2n) is 9.36. The van der Waals surface area contributed by atoms with Crippen molar-refractivity contribution in [2.45, 2.75) is 68.4 Å². The molecule has 0 radical (unpaired) electrons. The van der Waals surface area contributed by atoms with Crippen molar-refractivity contribution in [2.24, 2.45) is 11.0 Å². The third-order valence-corrected chi connectivity index (χ3v) is 7.90. The number of nitrogens with one attached hydrogen (secondary N) is 2. The van der Waals surface area contributed by atoms with Crippen LogP contribution in [0.2, 0.25) is 0 Å². The number of aliphatic hydroxyl groups excluding tert-OH is 2. The molecule has 2 saturated carbocycles. The first kappa shape index (κ1) is 26.4. The number of anilines is 1. The maximum Gasteiger partial charge on any atom is 0.189 e. The predicted molar refractivity (Wildman–Crippen MR) is 136 cm³/mol. The molecular weight excluding hydrogens is 484 g/mol. The van der Waals surface area contributed by atoms with Crippen LogP contribution in [0, 0.1) is 23.1 Å². The van der Waals surface area contributed by atoms with Gasteiger partial charge in [0, 0.05) is 23.6 Å². The largest absolute Gasteiger partial charge is 0.389 e. The summed E-state index contributed by atoms with van der Waals surface area (Å²) < 4.78 is 27.0. The highest BCUT2D eigenvalue weighted by Gasteiger charge is 2.40. The Morgan fingerprint density at radius 3 is 2.61 bits per heavy atom. The molecule has 0 amide bonds. The molecule has 0 bridgehead atoms. The van der Waals surface area contributed by atoms with Crippen LogP contribution in [-0.4, -0.2) is 44.2 Å². The summed E-state index contributed by atoms with van der Waals surface area (Å²) in [7, 11) is 0. The molecule has 2 aliphatic carbocycles. The molecule has 1 aromatic heterocycles. The van der Waals surface area contributed by atoms with Gasteiger partial charge < -0.3 is 15.5 Å². The average molecular weight is 516 g/mol. The molecular formula is C26H31F2N5O2S. The van der Waals surface area contributed by atoms with Crippen LogP contribution in [-0.2, 0) is 6.42 Å². The van der Waals surface area contributed by atoms with E-state index < -0.39 is 23.8 Å². The highest BCUT2D eigenvalue weighted by atomic mass is 32.2. The molecule has 2 fully saturated rings. The van der Waals surface area contributed by atoms with Gasteiger partial charge in [-0.3, -0.25) is 0 Å². The molecule has 36 heavy (non-hydrogen) atoms. The summed E-state index contributed by atoms with van der Waals surface area (Å²) in [6, 6.07) is 3.91. The number of thioether (sulfide) groups is 1. The molecule has 1 aromatic carbocycles. The van der Waals surface area contributed by atoms with Crippen molar-refractivity contribution in [1.29, 1.82) is 5.53 Å². The van der Waals surface area contributed by atoms with E-state index in [0.717, 1.165) is 24.7 Å². The van der Waals surface area contributed by atoms with Crippen molar-refractivity contribution >= 4 is 23.3 Å². The molecule has 4 rings (SSSR count). The Labute approximate surface area is 213 Å². The van der Waals surface area contributed by atoms with Crippen molar-refractivity contribution < 1.29 is 19.0 Å². The van der Waals surface area contributed by atoms with Gasteiger partial charge in [-0.1, -0.05) is 37.9 Å². The third kappa shape index (κ3) is 5.50. The van der Waals surface area contributed by atoms with Crippen LogP contribution in [0.1, 0.15) is 49.8 Å². The quantitative estimate of drug-likeness (QED) is 0.174. The van der Waals surface area contributed by atoms with Gasteiger partial charge in [-0.2, -0.15) is 5.11 Å². The summed E-state index contributed by atoms with van der Waals surface area (Å²) in [6.07, 6.45) is 1.49. The number of aryl methyl sites for hydroxylation is 1. The van der Waals surface area contributed by atoms with E-state index in [2.05, 4.69) is 40.5 Å². The van der Waals surface area contributed by atoms with Crippen LogP contribution < -0.4 is 5.32 Å². The summed E-state index contributed by atoms with van der Waals surface area (Å²) in [5, 5.41) is 28.0. The average Bonchev–Trinajstić information content (AvgIpc) is 3.60. The van der Waals surface area contributed by atoms with Gasteiger partial charge in [0.05, 0.1) is 11.8 Å². The second kappa shape index (κ2) is 11.1. The molecule has 1 heterocycles. The van der Waals surface area contributed by atoms with E-state index in [-0.39, 0.29) is 17.9 Å². The number of nitrogens with zero attached hydrogens (tertiary/aromatic N) is 3. The Balaban J connectivity index is 1.50. The predicted octanol–water partition coefficient (Wildman–Crippen LogP) is 5.67. The maximum absolute atomic E-state index is 13.7. The second-order valence-corrected chi connectivity index (χ2v) is 10.4. The molecule has 2 aromatic rings. The summed E-state index contributed by atoms with van der Waals surface area (Å²) in [5.41, 5.74) is 10.6. The Morgan fingerprint density at radius 2 is 1.97 bits per heavy atom. The number of aromatic nitrogens is 2. The van der Waals surface area contributed by atoms with Crippen molar-refractivity contribution in [3.05, 3.63) is 65.4 Å². The number of hydrogen-bond donors (Lipinski definition) is 4. The van der Waals surface area contributed by atoms with Crippen LogP contribution in [0.15, 0.2) is 52.8 Å². The van der Waals surface area contributed by atoms with Crippen LogP contribution in [0.3, 0.4) is 0 Å². The van der Waals surface area contributed by atoms with Gasteiger partial charge in [0.1, 0.15) is 11.8 Å². The molecule has 2 aliphatic rings. The van der Waals surface area contributed by atoms with Crippen molar-refractivity contribution in [3.8, 4) is 0 Å². The lowest BCUT2D eigenvalue weighted by Crippen LogP contribution is -2.25. The van der Waals surface area contributed by atoms with Crippen LogP contribution in [0.4, 0.5) is 20.3 Å². The fourth-order valence-corrected chi connectivity index (χ4v) is 5.38. The van der Waals surface area contributed by atoms with E-state index >= 15 is 0 Å². The standard InChI is InChI=1S/C26H31F2N5O2S/c1-4-10-36-26-31-20(7-5-6-16-13(2)14(3)23(34)24(16)35)22(33-29)25(32-26)30-21-12-17(21)15-8-9-18(27)19(28)11-15/h8-9,11,16-17,21,23-24,29,34-35H,2-7,10,12H2,1H3,(H,30,31,32). The molecule has 0 saturated heterocycles. The van der Waals surface area contributed by atoms with Gasteiger partial charge in [0.25, 0.3) is 0 Å². The monoisotopic (exact) mass is 515 g/mol. The minimum absolute atomic E-state index is 0.0123. The lowest BCUT2D eigenvalue weighted by Gasteiger charge is -2.17. The highest BCUT2D eigenvalue weighted by Crippen LogP contribution is 2.45. The number of rotatable bonds is 11. The Morgan fingerprint density at radius 1 is 1.19 bits per heavy atom. The lowest BCUT2D eigenvalue weighted by molar-refractivity contribution is 0.0325. The first-order valence-electron chi connectivity index (χ1n) is 12.1. The zero-order valence-electron chi connectivity index (χ0n) is 20.2. The minimum atomic E-state index is -0.991. The summed E-state index contributed by atoms with van der Waals surface area (Å²) >= 11 is 1.52. The first-order valence-corrected chi connectivity index (χ1v) is 13.1. The van der Waals surface area contributed by atoms with Gasteiger partial charge in [-0.05, 0) is 60.9 Å².